The fourth-order valence-electron chi connectivity index (χ4n) is 3.85. The predicted octanol–water partition coefficient (Wildman–Crippen LogP) is 4.63. The van der Waals surface area contributed by atoms with E-state index in [9.17, 15) is 19.5 Å². The summed E-state index contributed by atoms with van der Waals surface area (Å²) in [4.78, 5) is 41.8. The van der Waals surface area contributed by atoms with Crippen LogP contribution in [0.25, 0.3) is 0 Å². The molecule has 0 spiro atoms. The Morgan fingerprint density at radius 3 is 2.41 bits per heavy atom. The Balaban J connectivity index is 0.00000260. The summed E-state index contributed by atoms with van der Waals surface area (Å²) in [5, 5.41) is 16.9. The third-order valence-electron chi connectivity index (χ3n) is 5.71. The van der Waals surface area contributed by atoms with Crippen LogP contribution in [0.15, 0.2) is 96.8 Å². The molecule has 3 rings (SSSR count). The molecule has 8 heteroatoms. The third kappa shape index (κ3) is 8.02. The molecule has 2 aromatic rings. The van der Waals surface area contributed by atoms with Crippen molar-refractivity contribution in [3.8, 4) is 5.75 Å². The third-order valence-corrected chi connectivity index (χ3v) is 5.71. The van der Waals surface area contributed by atoms with E-state index in [2.05, 4.69) is 17.2 Å². The van der Waals surface area contributed by atoms with Crippen LogP contribution in [0.5, 0.6) is 5.75 Å². The van der Waals surface area contributed by atoms with Gasteiger partial charge in [0.05, 0.1) is 17.8 Å². The van der Waals surface area contributed by atoms with Crippen LogP contribution in [-0.2, 0) is 16.1 Å². The molecule has 39 heavy (non-hydrogen) atoms. The van der Waals surface area contributed by atoms with Crippen LogP contribution in [0, 0.1) is 0 Å². The highest BCUT2D eigenvalue weighted by Gasteiger charge is 2.35. The van der Waals surface area contributed by atoms with Crippen molar-refractivity contribution >= 4 is 23.4 Å². The average Bonchev–Trinajstić information content (AvgIpc) is 2.94. The van der Waals surface area contributed by atoms with E-state index < -0.39 is 17.9 Å². The molecule has 0 fully saturated rings. The number of aromatic hydroxyl groups is 1. The van der Waals surface area contributed by atoms with Gasteiger partial charge < -0.3 is 15.3 Å². The van der Waals surface area contributed by atoms with Crippen molar-refractivity contribution in [1.82, 2.24) is 15.1 Å². The first-order valence-corrected chi connectivity index (χ1v) is 12.9. The summed E-state index contributed by atoms with van der Waals surface area (Å²) < 4.78 is 0. The maximum atomic E-state index is 13.4. The molecule has 0 bridgehead atoms. The second kappa shape index (κ2) is 15.1. The highest BCUT2D eigenvalue weighted by atomic mass is 16.3. The number of para-hydroxylation sites is 1. The van der Waals surface area contributed by atoms with E-state index >= 15 is 0 Å². The van der Waals surface area contributed by atoms with Crippen LogP contribution in [-0.4, -0.2) is 59.3 Å². The number of nitrogens with zero attached hydrogens (tertiary/aromatic N) is 2. The molecule has 3 N–H and O–H groups in total. The van der Waals surface area contributed by atoms with Crippen LogP contribution in [0.1, 0.15) is 36.7 Å². The van der Waals surface area contributed by atoms with Gasteiger partial charge in [0.25, 0.3) is 17.7 Å². The van der Waals surface area contributed by atoms with Crippen molar-refractivity contribution in [3.05, 3.63) is 108 Å². The van der Waals surface area contributed by atoms with E-state index in [1.807, 2.05) is 69.3 Å². The minimum atomic E-state index is -0.809. The summed E-state index contributed by atoms with van der Waals surface area (Å²) in [6, 6.07) is 13.1. The summed E-state index contributed by atoms with van der Waals surface area (Å²) in [5.41, 5.74) is 2.09. The van der Waals surface area contributed by atoms with E-state index in [0.29, 0.717) is 6.54 Å². The molecule has 8 nitrogen and oxygen atoms in total. The second-order valence-electron chi connectivity index (χ2n) is 8.66. The summed E-state index contributed by atoms with van der Waals surface area (Å²) in [7, 11) is 3.17. The number of amides is 3. The van der Waals surface area contributed by atoms with E-state index in [1.54, 1.807) is 32.3 Å². The van der Waals surface area contributed by atoms with Crippen molar-refractivity contribution in [2.24, 2.45) is 0 Å². The van der Waals surface area contributed by atoms with Crippen LogP contribution in [0.3, 0.4) is 0 Å². The van der Waals surface area contributed by atoms with Gasteiger partial charge in [-0.1, -0.05) is 81.1 Å². The van der Waals surface area contributed by atoms with Crippen LogP contribution in [0.2, 0.25) is 0 Å². The zero-order chi connectivity index (χ0) is 28.9. The number of benzene rings is 2. The molecule has 2 aromatic carbocycles. The second-order valence-corrected chi connectivity index (χ2v) is 8.66. The standard InChI is InChI=1S/C29H32N4O4.C2H6/c1-5-11-20(12-6-2)18-30-24-17-25(29(37)33(28(24)36)19-21-13-8-7-9-14-21)31-23-16-10-15-22(26(23)34)27(35)32(3)4;1-2/h5-17,24,30-31,34H,1,18-19H2,2-4H3;1-2H3/b12-6-,20-11+;. The molecular formula is C31H38N4O4. The normalized spacial score (nSPS) is 15.4. The fourth-order valence-corrected chi connectivity index (χ4v) is 3.85. The molecule has 0 aliphatic carbocycles. The largest absolute Gasteiger partial charge is 0.505 e. The minimum Gasteiger partial charge on any atom is -0.505 e. The van der Waals surface area contributed by atoms with E-state index in [-0.39, 0.29) is 35.1 Å². The van der Waals surface area contributed by atoms with Crippen LogP contribution < -0.4 is 10.6 Å². The number of nitrogens with one attached hydrogen (secondary N) is 2. The zero-order valence-electron chi connectivity index (χ0n) is 23.3. The molecule has 1 unspecified atom stereocenters. The van der Waals surface area contributed by atoms with Gasteiger partial charge in [0, 0.05) is 20.6 Å². The molecule has 0 aromatic heterocycles. The Hall–Kier alpha value is -4.43. The number of phenolic OH excluding ortho intramolecular Hbond substituents is 1. The predicted molar refractivity (Wildman–Crippen MR) is 156 cm³/mol. The molecule has 3 amide bonds. The van der Waals surface area contributed by atoms with Crippen molar-refractivity contribution < 1.29 is 19.5 Å². The molecule has 1 aliphatic heterocycles. The highest BCUT2D eigenvalue weighted by molar-refractivity contribution is 6.11. The Bertz CT molecular complexity index is 1260. The van der Waals surface area contributed by atoms with E-state index in [1.165, 1.54) is 21.9 Å². The molecule has 0 saturated carbocycles. The van der Waals surface area contributed by atoms with Crippen molar-refractivity contribution in [1.29, 1.82) is 0 Å². The number of phenols is 1. The topological polar surface area (TPSA) is 102 Å². The van der Waals surface area contributed by atoms with Crippen molar-refractivity contribution in [2.75, 3.05) is 26.0 Å². The number of allylic oxidation sites excluding steroid dienone is 3. The van der Waals surface area contributed by atoms with Gasteiger partial charge in [-0.05, 0) is 36.3 Å². The molecular weight excluding hydrogens is 492 g/mol. The lowest BCUT2D eigenvalue weighted by Crippen LogP contribution is -2.53. The fraction of sp³-hybridized carbons (Fsp3) is 0.258. The quantitative estimate of drug-likeness (QED) is 0.235. The lowest BCUT2D eigenvalue weighted by molar-refractivity contribution is -0.145. The smallest absolute Gasteiger partial charge is 0.276 e. The Labute approximate surface area is 231 Å². The number of hydrogen-bond acceptors (Lipinski definition) is 6. The molecule has 0 radical (unpaired) electrons. The molecule has 1 aliphatic rings. The average molecular weight is 531 g/mol. The highest BCUT2D eigenvalue weighted by Crippen LogP contribution is 2.30. The van der Waals surface area contributed by atoms with Gasteiger partial charge in [0.2, 0.25) is 0 Å². The van der Waals surface area contributed by atoms with Crippen LogP contribution in [0.4, 0.5) is 5.69 Å². The van der Waals surface area contributed by atoms with E-state index in [4.69, 9.17) is 0 Å². The number of imide groups is 1. The Kier molecular flexibility index (Phi) is 11.9. The monoisotopic (exact) mass is 530 g/mol. The summed E-state index contributed by atoms with van der Waals surface area (Å²) >= 11 is 0. The van der Waals surface area contributed by atoms with Gasteiger partial charge in [-0.15, -0.1) is 0 Å². The van der Waals surface area contributed by atoms with E-state index in [0.717, 1.165) is 11.1 Å². The molecule has 1 heterocycles. The lowest BCUT2D eigenvalue weighted by atomic mass is 10.1. The zero-order valence-corrected chi connectivity index (χ0v) is 23.3. The minimum absolute atomic E-state index is 0.0884. The Morgan fingerprint density at radius 1 is 1.10 bits per heavy atom. The summed E-state index contributed by atoms with van der Waals surface area (Å²) in [6.45, 7) is 10.1. The number of anilines is 1. The summed E-state index contributed by atoms with van der Waals surface area (Å²) in [6.07, 6.45) is 8.80. The van der Waals surface area contributed by atoms with Gasteiger partial charge in [-0.2, -0.15) is 0 Å². The number of carbonyl (C=O) groups excluding carboxylic acids is 3. The van der Waals surface area contributed by atoms with Crippen molar-refractivity contribution in [2.45, 2.75) is 33.4 Å². The maximum absolute atomic E-state index is 13.4. The van der Waals surface area contributed by atoms with Gasteiger partial charge in [-0.3, -0.25) is 24.6 Å². The first-order valence-electron chi connectivity index (χ1n) is 12.9. The van der Waals surface area contributed by atoms with Crippen LogP contribution >= 0.6 is 0 Å². The summed E-state index contributed by atoms with van der Waals surface area (Å²) in [5.74, 6) is -1.59. The Morgan fingerprint density at radius 2 is 1.79 bits per heavy atom. The first kappa shape index (κ1) is 30.8. The molecule has 0 saturated heterocycles. The van der Waals surface area contributed by atoms with Crippen molar-refractivity contribution in [3.63, 3.8) is 0 Å². The SMILES string of the molecule is C=C/C=C(\C=C/C)CNC1C=C(Nc2cccc(C(=O)N(C)C)c2O)C(=O)N(Cc2ccccc2)C1=O.CC. The maximum Gasteiger partial charge on any atom is 0.276 e. The number of rotatable bonds is 10. The van der Waals surface area contributed by atoms with Gasteiger partial charge in [0.1, 0.15) is 11.7 Å². The van der Waals surface area contributed by atoms with Gasteiger partial charge >= 0.3 is 0 Å². The lowest BCUT2D eigenvalue weighted by Gasteiger charge is -2.31. The number of hydrogen-bond donors (Lipinski definition) is 3. The molecule has 206 valence electrons. The van der Waals surface area contributed by atoms with Gasteiger partial charge in [0.15, 0.2) is 5.75 Å². The van der Waals surface area contributed by atoms with Gasteiger partial charge in [-0.25, -0.2) is 0 Å². The number of carbonyl (C=O) groups is 3. The first-order chi connectivity index (χ1) is 18.8. The molecule has 1 atom stereocenters.